The molecule has 2 unspecified atom stereocenters. The van der Waals surface area contributed by atoms with E-state index in [0.29, 0.717) is 72.4 Å². The quantitative estimate of drug-likeness (QED) is 0.0315. The molecule has 2 atom stereocenters. The number of piperazine rings is 2. The van der Waals surface area contributed by atoms with Crippen LogP contribution in [-0.2, 0) is 33.1 Å². The number of carbonyl (C=O) groups excluding carboxylic acids is 2. The smallest absolute Gasteiger partial charge is 0.694 e. The van der Waals surface area contributed by atoms with Crippen molar-refractivity contribution in [3.63, 3.8) is 0 Å². The van der Waals surface area contributed by atoms with Crippen molar-refractivity contribution >= 4 is 74.2 Å². The van der Waals surface area contributed by atoms with Crippen molar-refractivity contribution in [1.82, 2.24) is 20.4 Å². The molecule has 0 bridgehead atoms. The van der Waals surface area contributed by atoms with Gasteiger partial charge in [-0.2, -0.15) is 0 Å². The maximum absolute atomic E-state index is 13.5. The van der Waals surface area contributed by atoms with Crippen LogP contribution in [0.5, 0.6) is 11.5 Å². The van der Waals surface area contributed by atoms with Crippen LogP contribution < -0.4 is 49.2 Å². The van der Waals surface area contributed by atoms with Gasteiger partial charge in [0.05, 0.1) is 35.4 Å². The second-order valence-corrected chi connectivity index (χ2v) is 19.4. The SMILES string of the molecule is C=[C-]OCC.CC(C)=CCC/C(C)=C/CBr.CCCc1cc(P=O)c(C/C=C(\C)CCC=C(C)C)c(OP)c1C(=O)N1CCNCC1.CCCc1cc(P=O)cc(OP)c1C(=O)N1CCNCC1.[Li+]. The van der Waals surface area contributed by atoms with Crippen LogP contribution in [0.2, 0.25) is 0 Å². The van der Waals surface area contributed by atoms with Gasteiger partial charge in [0.1, 0.15) is 11.5 Å². The van der Waals surface area contributed by atoms with Crippen LogP contribution in [0, 0.1) is 6.26 Å². The first-order chi connectivity index (χ1) is 32.7. The maximum atomic E-state index is 13.5. The maximum Gasteiger partial charge on any atom is 1.00 e. The zero-order chi connectivity index (χ0) is 50.9. The molecule has 2 aromatic rings. The number of hydrogen-bond acceptors (Lipinski definition) is 9. The van der Waals surface area contributed by atoms with Gasteiger partial charge in [-0.25, -0.2) is 6.58 Å². The number of nitrogens with zero attached hydrogens (tertiary/aromatic N) is 2. The number of nitrogens with one attached hydrogen (secondary N) is 2. The van der Waals surface area contributed by atoms with Gasteiger partial charge < -0.3 is 40.5 Å². The Balaban J connectivity index is 0.00000104. The summed E-state index contributed by atoms with van der Waals surface area (Å²) in [6.07, 6.45) is 19.4. The van der Waals surface area contributed by atoms with E-state index in [1.807, 2.05) is 28.9 Å². The predicted octanol–water partition coefficient (Wildman–Crippen LogP) is 8.82. The average Bonchev–Trinajstić information content (AvgIpc) is 3.33. The van der Waals surface area contributed by atoms with Crippen molar-refractivity contribution in [3.05, 3.63) is 105 Å². The minimum atomic E-state index is -0.0637. The van der Waals surface area contributed by atoms with Crippen LogP contribution in [0.4, 0.5) is 0 Å². The summed E-state index contributed by atoms with van der Waals surface area (Å²) in [7, 11) is 4.35. The Morgan fingerprint density at radius 1 is 0.739 bits per heavy atom. The van der Waals surface area contributed by atoms with E-state index in [-0.39, 0.29) is 47.6 Å². The Bertz CT molecular complexity index is 2010. The summed E-state index contributed by atoms with van der Waals surface area (Å²) in [5, 5.41) is 8.84. The Hall–Kier alpha value is -2.46. The molecule has 2 aromatic carbocycles. The normalized spacial score (nSPS) is 13.5. The molecule has 0 spiro atoms. The zero-order valence-electron chi connectivity index (χ0n) is 43.4. The molecule has 2 fully saturated rings. The van der Waals surface area contributed by atoms with E-state index in [4.69, 9.17) is 9.05 Å². The molecular weight excluding hydrogens is 1000 g/mol. The van der Waals surface area contributed by atoms with E-state index in [0.717, 1.165) is 86.7 Å². The molecule has 0 aromatic heterocycles. The van der Waals surface area contributed by atoms with Gasteiger partial charge in [0, 0.05) is 75.2 Å². The van der Waals surface area contributed by atoms with Crippen LogP contribution in [0.3, 0.4) is 0 Å². The molecule has 0 radical (unpaired) electrons. The Labute approximate surface area is 444 Å². The van der Waals surface area contributed by atoms with Gasteiger partial charge in [-0.05, 0) is 123 Å². The van der Waals surface area contributed by atoms with Gasteiger partial charge in [0.2, 0.25) is 0 Å². The van der Waals surface area contributed by atoms with Gasteiger partial charge in [0.25, 0.3) is 11.8 Å². The summed E-state index contributed by atoms with van der Waals surface area (Å²) >= 11 is 3.38. The van der Waals surface area contributed by atoms with E-state index >= 15 is 0 Å². The van der Waals surface area contributed by atoms with Crippen LogP contribution in [0.25, 0.3) is 0 Å². The van der Waals surface area contributed by atoms with Crippen LogP contribution in [0.15, 0.2) is 71.4 Å². The molecule has 2 N–H and O–H groups in total. The number of hydrogen-bond donors (Lipinski definition) is 2. The minimum absolute atomic E-state index is 0. The van der Waals surface area contributed by atoms with Gasteiger partial charge in [-0.15, -0.1) is 0 Å². The second-order valence-electron chi connectivity index (χ2n) is 16.9. The Kier molecular flexibility index (Phi) is 38.6. The number of halogens is 1. The number of ether oxygens (including phenoxy) is 1. The van der Waals surface area contributed by atoms with E-state index in [9.17, 15) is 18.7 Å². The minimum Gasteiger partial charge on any atom is -0.694 e. The van der Waals surface area contributed by atoms with Gasteiger partial charge >= 0.3 is 18.9 Å². The number of alkyl halides is 1. The molecule has 17 heteroatoms. The van der Waals surface area contributed by atoms with Crippen molar-refractivity contribution in [1.29, 1.82) is 0 Å². The van der Waals surface area contributed by atoms with E-state index < -0.39 is 0 Å². The first-order valence-electron chi connectivity index (χ1n) is 23.7. The molecule has 2 aliphatic rings. The van der Waals surface area contributed by atoms with Gasteiger partial charge in [-0.1, -0.05) is 89.2 Å². The third kappa shape index (κ3) is 25.7. The average molecular weight is 1080 g/mol. The molecular formula is C52H80BrLiN4O7P4. The third-order valence-corrected chi connectivity index (χ3v) is 12.7. The molecule has 2 amide bonds. The first-order valence-corrected chi connectivity index (χ1v) is 27.4. The fourth-order valence-corrected chi connectivity index (χ4v) is 9.19. The zero-order valence-corrected chi connectivity index (χ0v) is 49.0. The first kappa shape index (κ1) is 66.5. The van der Waals surface area contributed by atoms with Crippen molar-refractivity contribution in [2.75, 3.05) is 64.3 Å². The molecule has 0 saturated carbocycles. The van der Waals surface area contributed by atoms with Crippen molar-refractivity contribution in [2.45, 2.75) is 120 Å². The fraction of sp³-hybridized carbons (Fsp3) is 0.538. The van der Waals surface area contributed by atoms with E-state index in [1.165, 1.54) is 35.1 Å². The standard InChI is InChI=1S/C24H36N2O3P2.C14H20N2O3P2.C10H17Br.C4H7O.Li/c1-5-7-19-16-21(31-28)20(11-10-18(4)9-6-8-17(2)3)23(29-30)22(19)24(27)26-14-12-25-13-15-26;1-2-3-10-8-11(21-18)9-12(19-20)13(10)14(17)16-6-4-15-5-7-16;1-9(2)5-4-6-10(3)7-8-11;1-3-5-4-2;/h8,10,16,25H,5-7,9,11-15,30H2,1-4H3;8-9,15H,2-7,20H2,1H3;5,7H,4,6,8H2,1-3H3;1,4H2,2H3;/q;;;-1;+1/b18-10+;;10-7+;;. The molecule has 2 saturated heterocycles. The molecule has 2 heterocycles. The number of aryl methyl sites for hydroxylation is 2. The monoisotopic (exact) mass is 1080 g/mol. The number of amides is 2. The Morgan fingerprint density at radius 3 is 1.62 bits per heavy atom. The van der Waals surface area contributed by atoms with Crippen LogP contribution in [0.1, 0.15) is 138 Å². The largest absolute Gasteiger partial charge is 1.00 e. The predicted molar refractivity (Wildman–Crippen MR) is 296 cm³/mol. The van der Waals surface area contributed by atoms with Crippen molar-refractivity contribution in [3.8, 4) is 11.5 Å². The molecule has 4 rings (SSSR count). The van der Waals surface area contributed by atoms with Crippen LogP contribution >= 0.6 is 51.8 Å². The number of allylic oxidation sites excluding steroid dienone is 8. The summed E-state index contributed by atoms with van der Waals surface area (Å²) in [5.74, 6) is 1.02. The summed E-state index contributed by atoms with van der Waals surface area (Å²) < 4.78 is 38.7. The summed E-state index contributed by atoms with van der Waals surface area (Å²) in [6, 6.07) is 5.43. The second kappa shape index (κ2) is 40.1. The molecule has 69 heavy (non-hydrogen) atoms. The van der Waals surface area contributed by atoms with Gasteiger partial charge in [-0.3, -0.25) is 18.7 Å². The van der Waals surface area contributed by atoms with E-state index in [2.05, 4.69) is 143 Å². The number of carbonyl (C=O) groups is 2. The molecule has 11 nitrogen and oxygen atoms in total. The fourth-order valence-electron chi connectivity index (χ4n) is 7.30. The van der Waals surface area contributed by atoms with Crippen LogP contribution in [-0.4, -0.2) is 85.9 Å². The summed E-state index contributed by atoms with van der Waals surface area (Å²) in [5.41, 5.74) is 9.34. The number of rotatable bonds is 21. The van der Waals surface area contributed by atoms with Crippen molar-refractivity contribution < 1.29 is 51.4 Å². The molecule has 378 valence electrons. The van der Waals surface area contributed by atoms with E-state index in [1.54, 1.807) is 6.07 Å². The summed E-state index contributed by atoms with van der Waals surface area (Å²) in [6.45, 7) is 28.7. The van der Waals surface area contributed by atoms with Gasteiger partial charge in [0.15, 0.2) is 16.9 Å². The molecule has 2 aliphatic heterocycles. The third-order valence-electron chi connectivity index (χ3n) is 10.8. The topological polar surface area (TPSA) is 127 Å². The number of benzene rings is 2. The molecule has 0 aliphatic carbocycles. The Morgan fingerprint density at radius 2 is 1.23 bits per heavy atom. The van der Waals surface area contributed by atoms with Crippen molar-refractivity contribution in [2.24, 2.45) is 0 Å². The summed E-state index contributed by atoms with van der Waals surface area (Å²) in [4.78, 5) is 30.0.